The molecule has 0 bridgehead atoms. The molecule has 20 heavy (non-hydrogen) atoms. The predicted octanol–water partition coefficient (Wildman–Crippen LogP) is 2.38. The van der Waals surface area contributed by atoms with Gasteiger partial charge in [0.2, 0.25) is 0 Å². The number of fused-ring (bicyclic) bond motifs is 1. The standard InChI is InChI=1S/C13H10BrN5O/c1-19-17-13(16-18-19)15-12(20)10-6-2-5-9-8(10)4-3-7-11(9)14/h2-7H,1H3,(H,15,17,20). The van der Waals surface area contributed by atoms with E-state index >= 15 is 0 Å². The average molecular weight is 332 g/mol. The Hall–Kier alpha value is -2.28. The zero-order valence-corrected chi connectivity index (χ0v) is 12.1. The maximum absolute atomic E-state index is 12.3. The zero-order chi connectivity index (χ0) is 14.1. The molecule has 3 aromatic rings. The topological polar surface area (TPSA) is 72.7 Å². The number of amides is 1. The Morgan fingerprint density at radius 1 is 1.20 bits per heavy atom. The van der Waals surface area contributed by atoms with Crippen LogP contribution in [-0.2, 0) is 7.05 Å². The third kappa shape index (κ3) is 2.27. The summed E-state index contributed by atoms with van der Waals surface area (Å²) < 4.78 is 0.947. The Morgan fingerprint density at radius 3 is 2.70 bits per heavy atom. The van der Waals surface area contributed by atoms with Crippen molar-refractivity contribution >= 4 is 38.6 Å². The second kappa shape index (κ2) is 5.01. The van der Waals surface area contributed by atoms with E-state index in [4.69, 9.17) is 0 Å². The molecule has 0 unspecified atom stereocenters. The van der Waals surface area contributed by atoms with Crippen LogP contribution in [0.2, 0.25) is 0 Å². The maximum atomic E-state index is 12.3. The fourth-order valence-corrected chi connectivity index (χ4v) is 2.47. The van der Waals surface area contributed by atoms with Gasteiger partial charge in [0, 0.05) is 10.0 Å². The Balaban J connectivity index is 2.01. The van der Waals surface area contributed by atoms with E-state index in [9.17, 15) is 4.79 Å². The number of aryl methyl sites for hydroxylation is 1. The summed E-state index contributed by atoms with van der Waals surface area (Å²) in [6.07, 6.45) is 0. The van der Waals surface area contributed by atoms with E-state index < -0.39 is 0 Å². The molecule has 0 saturated carbocycles. The lowest BCUT2D eigenvalue weighted by Gasteiger charge is -2.06. The summed E-state index contributed by atoms with van der Waals surface area (Å²) in [4.78, 5) is 13.6. The SMILES string of the molecule is Cn1nnc(NC(=O)c2cccc3c(Br)cccc23)n1. The highest BCUT2D eigenvalue weighted by Gasteiger charge is 2.13. The van der Waals surface area contributed by atoms with Gasteiger partial charge in [-0.25, -0.2) is 0 Å². The Morgan fingerprint density at radius 2 is 1.95 bits per heavy atom. The third-order valence-electron chi connectivity index (χ3n) is 2.85. The highest BCUT2D eigenvalue weighted by molar-refractivity contribution is 9.10. The molecule has 0 aliphatic rings. The monoisotopic (exact) mass is 331 g/mol. The van der Waals surface area contributed by atoms with Crippen molar-refractivity contribution in [2.24, 2.45) is 7.05 Å². The molecule has 0 radical (unpaired) electrons. The summed E-state index contributed by atoms with van der Waals surface area (Å²) in [6, 6.07) is 11.3. The molecule has 0 fully saturated rings. The van der Waals surface area contributed by atoms with Crippen LogP contribution >= 0.6 is 15.9 Å². The number of anilines is 1. The lowest BCUT2D eigenvalue weighted by Crippen LogP contribution is -2.13. The smallest absolute Gasteiger partial charge is 0.270 e. The van der Waals surface area contributed by atoms with Crippen LogP contribution in [-0.4, -0.2) is 26.1 Å². The van der Waals surface area contributed by atoms with Crippen molar-refractivity contribution in [2.75, 3.05) is 5.32 Å². The minimum Gasteiger partial charge on any atom is -0.288 e. The van der Waals surface area contributed by atoms with Crippen LogP contribution in [0.15, 0.2) is 40.9 Å². The summed E-state index contributed by atoms with van der Waals surface area (Å²) in [6.45, 7) is 0. The largest absolute Gasteiger partial charge is 0.288 e. The van der Waals surface area contributed by atoms with Crippen molar-refractivity contribution < 1.29 is 4.79 Å². The van der Waals surface area contributed by atoms with Crippen molar-refractivity contribution in [3.63, 3.8) is 0 Å². The average Bonchev–Trinajstić information content (AvgIpc) is 2.84. The second-order valence-corrected chi connectivity index (χ2v) is 5.05. The summed E-state index contributed by atoms with van der Waals surface area (Å²) in [5.41, 5.74) is 0.566. The van der Waals surface area contributed by atoms with Crippen LogP contribution in [0, 0.1) is 0 Å². The molecule has 7 heteroatoms. The van der Waals surface area contributed by atoms with E-state index in [-0.39, 0.29) is 11.9 Å². The van der Waals surface area contributed by atoms with Crippen molar-refractivity contribution in [3.05, 3.63) is 46.4 Å². The van der Waals surface area contributed by atoms with Gasteiger partial charge in [-0.1, -0.05) is 45.3 Å². The molecule has 0 atom stereocenters. The normalized spacial score (nSPS) is 10.7. The molecule has 100 valence electrons. The van der Waals surface area contributed by atoms with Gasteiger partial charge in [0.05, 0.1) is 7.05 Å². The van der Waals surface area contributed by atoms with Crippen LogP contribution in [0.4, 0.5) is 5.95 Å². The van der Waals surface area contributed by atoms with E-state index in [0.29, 0.717) is 5.56 Å². The van der Waals surface area contributed by atoms with Crippen molar-refractivity contribution in [2.45, 2.75) is 0 Å². The van der Waals surface area contributed by atoms with Gasteiger partial charge in [0.1, 0.15) is 0 Å². The molecule has 0 spiro atoms. The van der Waals surface area contributed by atoms with E-state index in [2.05, 4.69) is 36.7 Å². The van der Waals surface area contributed by atoms with E-state index in [1.807, 2.05) is 30.3 Å². The second-order valence-electron chi connectivity index (χ2n) is 4.20. The first kappa shape index (κ1) is 12.7. The number of carbonyl (C=O) groups is 1. The molecule has 1 amide bonds. The Kier molecular flexibility index (Phi) is 3.19. The molecule has 1 N–H and O–H groups in total. The number of halogens is 1. The van der Waals surface area contributed by atoms with Gasteiger partial charge in [0.15, 0.2) is 0 Å². The first-order valence-corrected chi connectivity index (χ1v) is 6.67. The van der Waals surface area contributed by atoms with Gasteiger partial charge in [-0.2, -0.15) is 4.80 Å². The number of hydrogen-bond acceptors (Lipinski definition) is 4. The number of rotatable bonds is 2. The zero-order valence-electron chi connectivity index (χ0n) is 10.5. The molecule has 0 aliphatic heterocycles. The fourth-order valence-electron chi connectivity index (χ4n) is 1.97. The summed E-state index contributed by atoms with van der Waals surface area (Å²) in [5.74, 6) is -0.0776. The predicted molar refractivity (Wildman–Crippen MR) is 78.4 cm³/mol. The lowest BCUT2D eigenvalue weighted by atomic mass is 10.0. The molecule has 6 nitrogen and oxygen atoms in total. The van der Waals surface area contributed by atoms with Crippen LogP contribution < -0.4 is 5.32 Å². The fraction of sp³-hybridized carbons (Fsp3) is 0.0769. The molecule has 0 saturated heterocycles. The number of aromatic nitrogens is 4. The van der Waals surface area contributed by atoms with Crippen LogP contribution in [0.3, 0.4) is 0 Å². The number of carbonyl (C=O) groups excluding carboxylic acids is 1. The third-order valence-corrected chi connectivity index (χ3v) is 3.54. The van der Waals surface area contributed by atoms with Gasteiger partial charge < -0.3 is 0 Å². The lowest BCUT2D eigenvalue weighted by molar-refractivity contribution is 0.102. The molecular weight excluding hydrogens is 322 g/mol. The van der Waals surface area contributed by atoms with E-state index in [1.165, 1.54) is 4.80 Å². The van der Waals surface area contributed by atoms with Crippen LogP contribution in [0.5, 0.6) is 0 Å². The number of benzene rings is 2. The van der Waals surface area contributed by atoms with E-state index in [1.54, 1.807) is 13.1 Å². The quantitative estimate of drug-likeness (QED) is 0.782. The molecule has 3 rings (SSSR count). The summed E-state index contributed by atoms with van der Waals surface area (Å²) in [5, 5.41) is 15.8. The summed E-state index contributed by atoms with van der Waals surface area (Å²) in [7, 11) is 1.64. The molecular formula is C13H10BrN5O. The minimum atomic E-state index is -0.262. The molecule has 1 heterocycles. The van der Waals surface area contributed by atoms with Crippen molar-refractivity contribution in [1.82, 2.24) is 20.2 Å². The molecule has 0 aliphatic carbocycles. The number of hydrogen-bond donors (Lipinski definition) is 1. The number of nitrogens with one attached hydrogen (secondary N) is 1. The highest BCUT2D eigenvalue weighted by atomic mass is 79.9. The molecule has 2 aromatic carbocycles. The molecule has 1 aromatic heterocycles. The van der Waals surface area contributed by atoms with Crippen molar-refractivity contribution in [3.8, 4) is 0 Å². The van der Waals surface area contributed by atoms with Gasteiger partial charge in [-0.05, 0) is 28.1 Å². The van der Waals surface area contributed by atoms with Gasteiger partial charge >= 0.3 is 0 Å². The maximum Gasteiger partial charge on any atom is 0.270 e. The van der Waals surface area contributed by atoms with Crippen molar-refractivity contribution in [1.29, 1.82) is 0 Å². The van der Waals surface area contributed by atoms with E-state index in [0.717, 1.165) is 15.2 Å². The first-order chi connectivity index (χ1) is 9.65. The highest BCUT2D eigenvalue weighted by Crippen LogP contribution is 2.26. The van der Waals surface area contributed by atoms with Crippen LogP contribution in [0.1, 0.15) is 10.4 Å². The first-order valence-electron chi connectivity index (χ1n) is 5.88. The van der Waals surface area contributed by atoms with Crippen LogP contribution in [0.25, 0.3) is 10.8 Å². The number of nitrogens with zero attached hydrogens (tertiary/aromatic N) is 4. The summed E-state index contributed by atoms with van der Waals surface area (Å²) >= 11 is 3.48. The minimum absolute atomic E-state index is 0.185. The van der Waals surface area contributed by atoms with Gasteiger partial charge in [-0.3, -0.25) is 10.1 Å². The van der Waals surface area contributed by atoms with Gasteiger partial charge in [-0.15, -0.1) is 5.10 Å². The Labute approximate surface area is 122 Å². The number of tetrazole rings is 1. The Bertz CT molecular complexity index is 798. The van der Waals surface area contributed by atoms with Gasteiger partial charge in [0.25, 0.3) is 11.9 Å².